The first kappa shape index (κ1) is 19.4. The fourth-order valence-electron chi connectivity index (χ4n) is 4.42. The summed E-state index contributed by atoms with van der Waals surface area (Å²) in [5, 5.41) is 9.75. The average Bonchev–Trinajstić information content (AvgIpc) is 3.27. The van der Waals surface area contributed by atoms with Crippen LogP contribution in [0, 0.1) is 17.6 Å². The quantitative estimate of drug-likeness (QED) is 0.664. The summed E-state index contributed by atoms with van der Waals surface area (Å²) in [6.45, 7) is 0. The average molecular weight is 422 g/mol. The van der Waals surface area contributed by atoms with Crippen LogP contribution in [-0.2, 0) is 11.2 Å². The number of halogens is 2. The summed E-state index contributed by atoms with van der Waals surface area (Å²) in [7, 11) is 1.50. The molecule has 5 rings (SSSR count). The van der Waals surface area contributed by atoms with Crippen molar-refractivity contribution < 1.29 is 18.4 Å². The molecule has 0 bridgehead atoms. The van der Waals surface area contributed by atoms with Crippen LogP contribution >= 0.6 is 0 Å². The number of amides is 2. The zero-order valence-electron chi connectivity index (χ0n) is 16.7. The summed E-state index contributed by atoms with van der Waals surface area (Å²) in [6.07, 6.45) is 1.65. The molecule has 0 radical (unpaired) electrons. The van der Waals surface area contributed by atoms with Crippen LogP contribution in [0.15, 0.2) is 48.5 Å². The van der Waals surface area contributed by atoms with Gasteiger partial charge in [0.15, 0.2) is 11.5 Å². The summed E-state index contributed by atoms with van der Waals surface area (Å²) in [5.41, 5.74) is 2.49. The van der Waals surface area contributed by atoms with E-state index >= 15 is 0 Å². The van der Waals surface area contributed by atoms with E-state index < -0.39 is 23.6 Å². The predicted octanol–water partition coefficient (Wildman–Crippen LogP) is 3.03. The van der Waals surface area contributed by atoms with Crippen molar-refractivity contribution in [2.24, 2.45) is 5.92 Å². The Kier molecular flexibility index (Phi) is 4.57. The van der Waals surface area contributed by atoms with Gasteiger partial charge in [0.2, 0.25) is 5.91 Å². The summed E-state index contributed by atoms with van der Waals surface area (Å²) >= 11 is 0. The number of nitrogens with one attached hydrogen (secondary N) is 2. The molecular weight excluding hydrogens is 402 g/mol. The molecule has 0 saturated heterocycles. The van der Waals surface area contributed by atoms with Crippen molar-refractivity contribution in [2.45, 2.75) is 24.8 Å². The zero-order valence-corrected chi connectivity index (χ0v) is 16.7. The van der Waals surface area contributed by atoms with E-state index in [9.17, 15) is 18.4 Å². The zero-order chi connectivity index (χ0) is 21.7. The number of hydrogen-bond acceptors (Lipinski definition) is 3. The minimum absolute atomic E-state index is 0.107. The van der Waals surface area contributed by atoms with Crippen molar-refractivity contribution in [3.05, 3.63) is 82.7 Å². The third kappa shape index (κ3) is 3.28. The molecule has 1 heterocycles. The lowest BCUT2D eigenvalue weighted by Crippen LogP contribution is -2.39. The van der Waals surface area contributed by atoms with Gasteiger partial charge in [0, 0.05) is 24.6 Å². The lowest BCUT2D eigenvalue weighted by atomic mass is 10.0. The minimum atomic E-state index is -0.891. The second-order valence-electron chi connectivity index (χ2n) is 7.96. The molecule has 3 atom stereocenters. The molecule has 158 valence electrons. The highest BCUT2D eigenvalue weighted by atomic mass is 19.1. The first-order chi connectivity index (χ1) is 15.0. The molecule has 2 aromatic carbocycles. The van der Waals surface area contributed by atoms with Gasteiger partial charge in [-0.3, -0.25) is 9.59 Å². The van der Waals surface area contributed by atoms with Gasteiger partial charge in [-0.2, -0.15) is 5.10 Å². The van der Waals surface area contributed by atoms with Crippen LogP contribution < -0.4 is 10.6 Å². The number of likely N-dealkylation sites (N-methyl/N-ethyl adjacent to an activating group) is 1. The second kappa shape index (κ2) is 7.30. The van der Waals surface area contributed by atoms with Crippen molar-refractivity contribution in [2.75, 3.05) is 7.05 Å². The fourth-order valence-corrected chi connectivity index (χ4v) is 4.42. The third-order valence-corrected chi connectivity index (χ3v) is 6.03. The van der Waals surface area contributed by atoms with E-state index in [1.807, 2.05) is 6.07 Å². The van der Waals surface area contributed by atoms with Crippen molar-refractivity contribution in [3.63, 3.8) is 0 Å². The third-order valence-electron chi connectivity index (χ3n) is 6.03. The number of benzene rings is 2. The van der Waals surface area contributed by atoms with Crippen LogP contribution in [0.2, 0.25) is 0 Å². The first-order valence-electron chi connectivity index (χ1n) is 10.1. The largest absolute Gasteiger partial charge is 0.357 e. The van der Waals surface area contributed by atoms with Crippen LogP contribution in [0.25, 0.3) is 5.69 Å². The first-order valence-corrected chi connectivity index (χ1v) is 10.1. The van der Waals surface area contributed by atoms with Crippen molar-refractivity contribution in [3.8, 4) is 5.69 Å². The molecule has 2 aliphatic carbocycles. The Morgan fingerprint density at radius 2 is 1.94 bits per heavy atom. The maximum atomic E-state index is 14.5. The van der Waals surface area contributed by atoms with Crippen LogP contribution in [0.1, 0.15) is 45.7 Å². The molecule has 6 nitrogen and oxygen atoms in total. The lowest BCUT2D eigenvalue weighted by molar-refractivity contribution is -0.122. The van der Waals surface area contributed by atoms with Gasteiger partial charge in [-0.1, -0.05) is 30.3 Å². The molecule has 2 N–H and O–H groups in total. The van der Waals surface area contributed by atoms with E-state index in [0.717, 1.165) is 23.7 Å². The Bertz CT molecular complexity index is 1190. The standard InChI is InChI=1S/C23H20F2N4O2/c1-26-22(30)19(12-5-3-2-4-6-12)27-23(31)20-16-10-13-9-15(13)21(16)29(28-20)18-8-7-14(24)11-17(18)25/h2-8,11,13,15,19H,9-10H2,1H3,(H,26,30)(H,27,31)/t13-,15-,19+/m1/s1. The molecule has 2 aliphatic rings. The number of fused-ring (bicyclic) bond motifs is 3. The smallest absolute Gasteiger partial charge is 0.272 e. The Labute approximate surface area is 177 Å². The molecule has 1 fully saturated rings. The maximum Gasteiger partial charge on any atom is 0.272 e. The topological polar surface area (TPSA) is 76.0 Å². The Hall–Kier alpha value is -3.55. The highest BCUT2D eigenvalue weighted by Gasteiger charge is 2.50. The lowest BCUT2D eigenvalue weighted by Gasteiger charge is -2.17. The summed E-state index contributed by atoms with van der Waals surface area (Å²) in [6, 6.07) is 11.3. The molecule has 3 aromatic rings. The van der Waals surface area contributed by atoms with Gasteiger partial charge >= 0.3 is 0 Å². The van der Waals surface area contributed by atoms with Gasteiger partial charge in [-0.25, -0.2) is 13.5 Å². The number of hydrogen-bond donors (Lipinski definition) is 2. The van der Waals surface area contributed by atoms with Gasteiger partial charge in [0.1, 0.15) is 17.5 Å². The molecule has 8 heteroatoms. The predicted molar refractivity (Wildman–Crippen MR) is 109 cm³/mol. The SMILES string of the molecule is CNC(=O)[C@@H](NC(=O)c1nn(-c2ccc(F)cc2F)c2c1C[C@H]1C[C@@H]21)c1ccccc1. The van der Waals surface area contributed by atoms with Gasteiger partial charge in [-0.05, 0) is 36.5 Å². The molecule has 0 spiro atoms. The molecule has 1 aromatic heterocycles. The molecular formula is C23H20F2N4O2. The van der Waals surface area contributed by atoms with E-state index in [1.54, 1.807) is 24.3 Å². The van der Waals surface area contributed by atoms with Crippen molar-refractivity contribution in [1.29, 1.82) is 0 Å². The Morgan fingerprint density at radius 3 is 2.65 bits per heavy atom. The molecule has 0 unspecified atom stereocenters. The van der Waals surface area contributed by atoms with E-state index in [0.29, 0.717) is 17.9 Å². The van der Waals surface area contributed by atoms with Gasteiger partial charge < -0.3 is 10.6 Å². The highest BCUT2D eigenvalue weighted by Crippen LogP contribution is 2.57. The van der Waals surface area contributed by atoms with E-state index in [-0.39, 0.29) is 23.2 Å². The second-order valence-corrected chi connectivity index (χ2v) is 7.96. The Morgan fingerprint density at radius 1 is 1.16 bits per heavy atom. The van der Waals surface area contributed by atoms with E-state index in [2.05, 4.69) is 15.7 Å². The summed E-state index contributed by atoms with van der Waals surface area (Å²) in [4.78, 5) is 25.6. The summed E-state index contributed by atoms with van der Waals surface area (Å²) < 4.78 is 29.3. The van der Waals surface area contributed by atoms with E-state index in [1.165, 1.54) is 23.9 Å². The van der Waals surface area contributed by atoms with Gasteiger partial charge in [-0.15, -0.1) is 0 Å². The van der Waals surface area contributed by atoms with Crippen LogP contribution in [0.4, 0.5) is 8.78 Å². The summed E-state index contributed by atoms with van der Waals surface area (Å²) in [5.74, 6) is -1.65. The molecule has 2 amide bonds. The number of carbonyl (C=O) groups excluding carboxylic acids is 2. The molecule has 1 saturated carbocycles. The normalized spacial score (nSPS) is 19.3. The molecule has 0 aliphatic heterocycles. The van der Waals surface area contributed by atoms with Crippen molar-refractivity contribution >= 4 is 11.8 Å². The van der Waals surface area contributed by atoms with E-state index in [4.69, 9.17) is 0 Å². The van der Waals surface area contributed by atoms with Gasteiger partial charge in [0.05, 0.1) is 5.69 Å². The number of carbonyl (C=O) groups is 2. The fraction of sp³-hybridized carbons (Fsp3) is 0.261. The van der Waals surface area contributed by atoms with Crippen LogP contribution in [0.5, 0.6) is 0 Å². The molecule has 31 heavy (non-hydrogen) atoms. The highest BCUT2D eigenvalue weighted by molar-refractivity contribution is 5.98. The van der Waals surface area contributed by atoms with Crippen molar-refractivity contribution in [1.82, 2.24) is 20.4 Å². The number of rotatable bonds is 5. The monoisotopic (exact) mass is 422 g/mol. The number of nitrogens with zero attached hydrogens (tertiary/aromatic N) is 2. The van der Waals surface area contributed by atoms with Gasteiger partial charge in [0.25, 0.3) is 5.91 Å². The van der Waals surface area contributed by atoms with Crippen LogP contribution in [-0.4, -0.2) is 28.6 Å². The maximum absolute atomic E-state index is 14.5. The Balaban J connectivity index is 1.53. The number of aromatic nitrogens is 2. The minimum Gasteiger partial charge on any atom is -0.357 e. The van der Waals surface area contributed by atoms with Crippen LogP contribution in [0.3, 0.4) is 0 Å².